The molecule has 0 bridgehead atoms. The Labute approximate surface area is 64.0 Å². The van der Waals surface area contributed by atoms with Crippen molar-refractivity contribution in [2.75, 3.05) is 0 Å². The summed E-state index contributed by atoms with van der Waals surface area (Å²) in [7, 11) is 0. The SMILES string of the molecule is Cl.NOCc1ccsc1. The Morgan fingerprint density at radius 3 is 2.89 bits per heavy atom. The molecule has 2 N–H and O–H groups in total. The minimum Gasteiger partial charge on any atom is -0.300 e. The molecule has 0 unspecified atom stereocenters. The van der Waals surface area contributed by atoms with Crippen molar-refractivity contribution < 1.29 is 4.84 Å². The molecule has 0 spiro atoms. The Morgan fingerprint density at radius 1 is 1.67 bits per heavy atom. The van der Waals surface area contributed by atoms with Crippen LogP contribution in [0.15, 0.2) is 16.8 Å². The molecule has 0 atom stereocenters. The summed E-state index contributed by atoms with van der Waals surface area (Å²) in [6.07, 6.45) is 0. The van der Waals surface area contributed by atoms with Crippen molar-refractivity contribution in [3.63, 3.8) is 0 Å². The molecule has 52 valence electrons. The quantitative estimate of drug-likeness (QED) is 0.676. The average Bonchev–Trinajstić information content (AvgIpc) is 2.19. The first-order valence-electron chi connectivity index (χ1n) is 2.26. The van der Waals surface area contributed by atoms with E-state index in [2.05, 4.69) is 4.84 Å². The lowest BCUT2D eigenvalue weighted by molar-refractivity contribution is 0.124. The van der Waals surface area contributed by atoms with Gasteiger partial charge in [0.2, 0.25) is 0 Å². The zero-order chi connectivity index (χ0) is 5.82. The number of thiophene rings is 1. The van der Waals surface area contributed by atoms with Gasteiger partial charge in [0.25, 0.3) is 0 Å². The highest BCUT2D eigenvalue weighted by Gasteiger charge is 1.87. The van der Waals surface area contributed by atoms with E-state index in [-0.39, 0.29) is 12.4 Å². The molecule has 1 aromatic heterocycles. The van der Waals surface area contributed by atoms with Crippen LogP contribution in [-0.4, -0.2) is 0 Å². The van der Waals surface area contributed by atoms with E-state index in [0.29, 0.717) is 6.61 Å². The largest absolute Gasteiger partial charge is 0.300 e. The number of halogens is 1. The van der Waals surface area contributed by atoms with Crippen molar-refractivity contribution in [1.29, 1.82) is 0 Å². The van der Waals surface area contributed by atoms with Crippen molar-refractivity contribution in [2.45, 2.75) is 6.61 Å². The van der Waals surface area contributed by atoms with Gasteiger partial charge in [-0.3, -0.25) is 4.84 Å². The van der Waals surface area contributed by atoms with E-state index in [9.17, 15) is 0 Å². The minimum atomic E-state index is 0. The van der Waals surface area contributed by atoms with E-state index in [4.69, 9.17) is 5.90 Å². The molecule has 1 aromatic rings. The Morgan fingerprint density at radius 2 is 2.44 bits per heavy atom. The van der Waals surface area contributed by atoms with Crippen LogP contribution in [0.4, 0.5) is 0 Å². The third-order valence-electron chi connectivity index (χ3n) is 0.830. The van der Waals surface area contributed by atoms with Crippen molar-refractivity contribution in [3.8, 4) is 0 Å². The van der Waals surface area contributed by atoms with Crippen LogP contribution in [0.25, 0.3) is 0 Å². The second-order valence-electron chi connectivity index (χ2n) is 1.44. The molecule has 0 saturated heterocycles. The second-order valence-corrected chi connectivity index (χ2v) is 2.22. The van der Waals surface area contributed by atoms with E-state index < -0.39 is 0 Å². The lowest BCUT2D eigenvalue weighted by Gasteiger charge is -1.88. The zero-order valence-electron chi connectivity index (χ0n) is 4.74. The third kappa shape index (κ3) is 2.81. The Balaban J connectivity index is 0.000000640. The maximum Gasteiger partial charge on any atom is 0.0938 e. The molecule has 0 aromatic carbocycles. The van der Waals surface area contributed by atoms with Gasteiger partial charge in [-0.05, 0) is 22.4 Å². The van der Waals surface area contributed by atoms with Crippen molar-refractivity contribution in [1.82, 2.24) is 0 Å². The third-order valence-corrected chi connectivity index (χ3v) is 1.56. The summed E-state index contributed by atoms with van der Waals surface area (Å²) >= 11 is 1.64. The number of hydrogen-bond acceptors (Lipinski definition) is 3. The maximum absolute atomic E-state index is 4.82. The van der Waals surface area contributed by atoms with Gasteiger partial charge in [0.05, 0.1) is 6.61 Å². The molecule has 4 heteroatoms. The zero-order valence-corrected chi connectivity index (χ0v) is 6.37. The number of rotatable bonds is 2. The first-order chi connectivity index (χ1) is 3.93. The van der Waals surface area contributed by atoms with E-state index in [0.717, 1.165) is 5.56 Å². The van der Waals surface area contributed by atoms with Gasteiger partial charge in [-0.1, -0.05) is 0 Å². The Kier molecular flexibility index (Phi) is 4.71. The fraction of sp³-hybridized carbons (Fsp3) is 0.200. The summed E-state index contributed by atoms with van der Waals surface area (Å²) in [5.41, 5.74) is 1.14. The van der Waals surface area contributed by atoms with Crippen molar-refractivity contribution >= 4 is 23.7 Å². The summed E-state index contributed by atoms with van der Waals surface area (Å²) in [5.74, 6) is 4.82. The predicted octanol–water partition coefficient (Wildman–Crippen LogP) is 1.56. The summed E-state index contributed by atoms with van der Waals surface area (Å²) in [4.78, 5) is 4.39. The molecule has 2 nitrogen and oxygen atoms in total. The molecule has 9 heavy (non-hydrogen) atoms. The molecular formula is C5H8ClNOS. The van der Waals surface area contributed by atoms with E-state index >= 15 is 0 Å². The molecular weight excluding hydrogens is 158 g/mol. The monoisotopic (exact) mass is 165 g/mol. The van der Waals surface area contributed by atoms with Crippen LogP contribution in [0.5, 0.6) is 0 Å². The van der Waals surface area contributed by atoms with Crippen LogP contribution >= 0.6 is 23.7 Å². The summed E-state index contributed by atoms with van der Waals surface area (Å²) in [6.45, 7) is 0.517. The first kappa shape index (κ1) is 8.91. The smallest absolute Gasteiger partial charge is 0.0938 e. The van der Waals surface area contributed by atoms with Gasteiger partial charge in [0.1, 0.15) is 0 Å². The Hall–Kier alpha value is -0.0900. The molecule has 0 saturated carbocycles. The minimum absolute atomic E-state index is 0. The van der Waals surface area contributed by atoms with E-state index in [1.165, 1.54) is 0 Å². The van der Waals surface area contributed by atoms with Crippen molar-refractivity contribution in [3.05, 3.63) is 22.4 Å². The van der Waals surface area contributed by atoms with Crippen LogP contribution < -0.4 is 5.90 Å². The lowest BCUT2D eigenvalue weighted by Crippen LogP contribution is -1.96. The molecule has 0 aliphatic carbocycles. The molecule has 0 fully saturated rings. The molecule has 0 amide bonds. The predicted molar refractivity (Wildman–Crippen MR) is 40.5 cm³/mol. The van der Waals surface area contributed by atoms with Gasteiger partial charge in [-0.2, -0.15) is 11.3 Å². The van der Waals surface area contributed by atoms with Gasteiger partial charge in [-0.25, -0.2) is 5.90 Å². The van der Waals surface area contributed by atoms with Crippen LogP contribution in [0.3, 0.4) is 0 Å². The van der Waals surface area contributed by atoms with Crippen molar-refractivity contribution in [2.24, 2.45) is 5.90 Å². The Bertz CT molecular complexity index is 143. The molecule has 1 rings (SSSR count). The molecule has 0 radical (unpaired) electrons. The van der Waals surface area contributed by atoms with E-state index in [1.54, 1.807) is 11.3 Å². The van der Waals surface area contributed by atoms with Gasteiger partial charge in [0, 0.05) is 0 Å². The van der Waals surface area contributed by atoms with Crippen LogP contribution in [-0.2, 0) is 11.4 Å². The molecule has 0 aliphatic heterocycles. The number of hydrogen-bond donors (Lipinski definition) is 1. The first-order valence-corrected chi connectivity index (χ1v) is 3.20. The number of nitrogens with two attached hydrogens (primary N) is 1. The maximum atomic E-state index is 4.82. The standard InChI is InChI=1S/C5H7NOS.ClH/c6-7-3-5-1-2-8-4-5;/h1-2,4H,3,6H2;1H. The summed E-state index contributed by atoms with van der Waals surface area (Å²) in [6, 6.07) is 1.98. The summed E-state index contributed by atoms with van der Waals surface area (Å²) < 4.78 is 0. The van der Waals surface area contributed by atoms with Gasteiger partial charge < -0.3 is 0 Å². The van der Waals surface area contributed by atoms with Gasteiger partial charge in [0.15, 0.2) is 0 Å². The highest BCUT2D eigenvalue weighted by Crippen LogP contribution is 2.05. The molecule has 1 heterocycles. The second kappa shape index (κ2) is 4.76. The van der Waals surface area contributed by atoms with Gasteiger partial charge >= 0.3 is 0 Å². The van der Waals surface area contributed by atoms with Gasteiger partial charge in [-0.15, -0.1) is 12.4 Å². The van der Waals surface area contributed by atoms with Crippen LogP contribution in [0, 0.1) is 0 Å². The lowest BCUT2D eigenvalue weighted by atomic mass is 10.4. The normalized spacial score (nSPS) is 8.56. The summed E-state index contributed by atoms with van der Waals surface area (Å²) in [5, 5.41) is 4.00. The highest BCUT2D eigenvalue weighted by molar-refractivity contribution is 7.07. The average molecular weight is 166 g/mol. The van der Waals surface area contributed by atoms with E-state index in [1.807, 2.05) is 16.8 Å². The fourth-order valence-electron chi connectivity index (χ4n) is 0.471. The van der Waals surface area contributed by atoms with Crippen LogP contribution in [0.2, 0.25) is 0 Å². The molecule has 0 aliphatic rings. The highest BCUT2D eigenvalue weighted by atomic mass is 35.5. The fourth-order valence-corrected chi connectivity index (χ4v) is 1.12. The topological polar surface area (TPSA) is 35.2 Å². The van der Waals surface area contributed by atoms with Crippen LogP contribution in [0.1, 0.15) is 5.56 Å².